The molecule has 0 saturated carbocycles. The van der Waals surface area contributed by atoms with Gasteiger partial charge in [0.1, 0.15) is 11.6 Å². The maximum absolute atomic E-state index is 13.2. The lowest BCUT2D eigenvalue weighted by molar-refractivity contribution is -0.384. The second kappa shape index (κ2) is 9.89. The fourth-order valence-electron chi connectivity index (χ4n) is 2.93. The molecular formula is C21H15Cl2FN6O4. The summed E-state index contributed by atoms with van der Waals surface area (Å²) < 4.78 is 21.6. The van der Waals surface area contributed by atoms with Crippen molar-refractivity contribution in [2.45, 2.75) is 13.3 Å². The number of nitrogens with one attached hydrogen (secondary N) is 1. The Hall–Kier alpha value is -3.96. The van der Waals surface area contributed by atoms with Gasteiger partial charge in [-0.3, -0.25) is 19.6 Å². The van der Waals surface area contributed by atoms with E-state index in [1.165, 1.54) is 47.3 Å². The summed E-state index contributed by atoms with van der Waals surface area (Å²) in [5, 5.41) is 22.2. The Bertz CT molecular complexity index is 1370. The maximum atomic E-state index is 13.2. The predicted molar refractivity (Wildman–Crippen MR) is 122 cm³/mol. The normalized spacial score (nSPS) is 10.8. The van der Waals surface area contributed by atoms with Crippen LogP contribution in [-0.2, 0) is 13.3 Å². The van der Waals surface area contributed by atoms with Gasteiger partial charge in [-0.2, -0.15) is 10.2 Å². The van der Waals surface area contributed by atoms with Crippen molar-refractivity contribution in [3.05, 3.63) is 98.2 Å². The van der Waals surface area contributed by atoms with Crippen LogP contribution in [0.2, 0.25) is 10.0 Å². The van der Waals surface area contributed by atoms with Gasteiger partial charge in [0.05, 0.1) is 16.5 Å². The molecule has 4 rings (SSSR count). The third kappa shape index (κ3) is 5.50. The van der Waals surface area contributed by atoms with Crippen LogP contribution in [0.1, 0.15) is 16.1 Å². The minimum atomic E-state index is -0.560. The minimum Gasteiger partial charge on any atom is -0.470 e. The van der Waals surface area contributed by atoms with E-state index in [0.29, 0.717) is 17.9 Å². The van der Waals surface area contributed by atoms with Crippen LogP contribution in [0, 0.1) is 15.9 Å². The Morgan fingerprint density at radius 3 is 2.59 bits per heavy atom. The Balaban J connectivity index is 1.34. The number of carbonyl (C=O) groups is 1. The van der Waals surface area contributed by atoms with Crippen LogP contribution in [0.15, 0.2) is 60.9 Å². The quantitative estimate of drug-likeness (QED) is 0.272. The van der Waals surface area contributed by atoms with E-state index < -0.39 is 16.6 Å². The number of anilines is 1. The Kier molecular flexibility index (Phi) is 6.75. The second-order valence-corrected chi connectivity index (χ2v) is 7.79. The molecule has 0 radical (unpaired) electrons. The number of amides is 1. The van der Waals surface area contributed by atoms with E-state index >= 15 is 0 Å². The van der Waals surface area contributed by atoms with Crippen molar-refractivity contribution in [3.63, 3.8) is 0 Å². The molecule has 0 fully saturated rings. The van der Waals surface area contributed by atoms with Gasteiger partial charge in [0.25, 0.3) is 11.6 Å². The summed E-state index contributed by atoms with van der Waals surface area (Å²) in [5.74, 6) is -0.382. The highest BCUT2D eigenvalue weighted by Gasteiger charge is 2.14. The Labute approximate surface area is 201 Å². The van der Waals surface area contributed by atoms with E-state index in [1.807, 2.05) is 0 Å². The summed E-state index contributed by atoms with van der Waals surface area (Å²) in [6.07, 6.45) is 3.18. The van der Waals surface area contributed by atoms with Crippen LogP contribution in [0.5, 0.6) is 5.75 Å². The lowest BCUT2D eigenvalue weighted by atomic mass is 10.2. The first-order valence-corrected chi connectivity index (χ1v) is 10.4. The first kappa shape index (κ1) is 23.2. The van der Waals surface area contributed by atoms with E-state index in [1.54, 1.807) is 23.0 Å². The number of nitro benzene ring substituents is 1. The molecule has 0 saturated heterocycles. The lowest BCUT2D eigenvalue weighted by Gasteiger charge is -2.07. The number of non-ortho nitro benzene ring substituents is 1. The summed E-state index contributed by atoms with van der Waals surface area (Å²) in [4.78, 5) is 22.7. The number of nitrogens with zero attached hydrogens (tertiary/aromatic N) is 5. The zero-order chi connectivity index (χ0) is 24.2. The number of ether oxygens (including phenoxy) is 1. The summed E-state index contributed by atoms with van der Waals surface area (Å²) in [6.45, 7) is 0.226. The van der Waals surface area contributed by atoms with E-state index in [2.05, 4.69) is 15.5 Å². The maximum Gasteiger partial charge on any atom is 0.277 e. The Morgan fingerprint density at radius 1 is 1.06 bits per heavy atom. The number of nitro groups is 1. The van der Waals surface area contributed by atoms with E-state index in [0.717, 1.165) is 0 Å². The van der Waals surface area contributed by atoms with Crippen LogP contribution in [0.25, 0.3) is 0 Å². The van der Waals surface area contributed by atoms with Crippen LogP contribution in [0.3, 0.4) is 0 Å². The highest BCUT2D eigenvalue weighted by Crippen LogP contribution is 2.28. The van der Waals surface area contributed by atoms with Crippen molar-refractivity contribution < 1.29 is 18.8 Å². The molecule has 1 amide bonds. The number of carbonyl (C=O) groups excluding carboxylic acids is 1. The standard InChI is InChI=1S/C21H15Cl2FN6O4/c22-16-9-14(24)2-1-13(16)11-28-8-6-20(27-28)25-21(31)18-5-7-29(26-18)12-34-19-4-3-15(30(32)33)10-17(19)23/h1-10H,11-12H2,(H,25,27,31). The molecular weight excluding hydrogens is 490 g/mol. The van der Waals surface area contributed by atoms with Crippen molar-refractivity contribution in [1.29, 1.82) is 0 Å². The zero-order valence-electron chi connectivity index (χ0n) is 17.2. The van der Waals surface area contributed by atoms with Gasteiger partial charge in [0.2, 0.25) is 0 Å². The van der Waals surface area contributed by atoms with Crippen LogP contribution < -0.4 is 10.1 Å². The summed E-state index contributed by atoms with van der Waals surface area (Å²) in [7, 11) is 0. The predicted octanol–water partition coefficient (Wildman–Crippen LogP) is 4.77. The molecule has 0 aliphatic heterocycles. The molecule has 2 aromatic carbocycles. The van der Waals surface area contributed by atoms with Crippen molar-refractivity contribution >= 4 is 40.6 Å². The first-order chi connectivity index (χ1) is 16.3. The van der Waals surface area contributed by atoms with Crippen molar-refractivity contribution in [2.75, 3.05) is 5.32 Å². The van der Waals surface area contributed by atoms with Gasteiger partial charge in [-0.1, -0.05) is 29.3 Å². The van der Waals surface area contributed by atoms with Gasteiger partial charge in [0, 0.05) is 35.6 Å². The number of aromatic nitrogens is 4. The number of benzene rings is 2. The zero-order valence-corrected chi connectivity index (χ0v) is 18.7. The molecule has 0 atom stereocenters. The third-order valence-electron chi connectivity index (χ3n) is 4.58. The highest BCUT2D eigenvalue weighted by atomic mass is 35.5. The van der Waals surface area contributed by atoms with Gasteiger partial charge >= 0.3 is 0 Å². The molecule has 4 aromatic rings. The SMILES string of the molecule is O=C(Nc1ccn(Cc2ccc(F)cc2Cl)n1)c1ccn(COc2ccc([N+](=O)[O-])cc2Cl)n1. The van der Waals surface area contributed by atoms with Gasteiger partial charge in [-0.05, 0) is 29.8 Å². The van der Waals surface area contributed by atoms with Gasteiger partial charge in [0.15, 0.2) is 18.2 Å². The van der Waals surface area contributed by atoms with E-state index in [-0.39, 0.29) is 33.9 Å². The fourth-order valence-corrected chi connectivity index (χ4v) is 3.39. The molecule has 10 nitrogen and oxygen atoms in total. The topological polar surface area (TPSA) is 117 Å². The minimum absolute atomic E-state index is 0.0716. The fraction of sp³-hybridized carbons (Fsp3) is 0.0952. The second-order valence-electron chi connectivity index (χ2n) is 6.97. The van der Waals surface area contributed by atoms with Gasteiger partial charge < -0.3 is 10.1 Å². The number of hydrogen-bond acceptors (Lipinski definition) is 6. The molecule has 0 bridgehead atoms. The van der Waals surface area contributed by atoms with Crippen molar-refractivity contribution in [3.8, 4) is 5.75 Å². The molecule has 0 spiro atoms. The largest absolute Gasteiger partial charge is 0.470 e. The number of halogens is 3. The lowest BCUT2D eigenvalue weighted by Crippen LogP contribution is -2.15. The summed E-state index contributed by atoms with van der Waals surface area (Å²) in [5.41, 5.74) is 0.643. The van der Waals surface area contributed by atoms with Gasteiger partial charge in [-0.15, -0.1) is 0 Å². The summed E-state index contributed by atoms with van der Waals surface area (Å²) in [6, 6.07) is 11.0. The average molecular weight is 505 g/mol. The smallest absolute Gasteiger partial charge is 0.277 e. The molecule has 174 valence electrons. The number of hydrogen-bond donors (Lipinski definition) is 1. The van der Waals surface area contributed by atoms with Crippen molar-refractivity contribution in [2.24, 2.45) is 0 Å². The molecule has 34 heavy (non-hydrogen) atoms. The molecule has 0 aliphatic carbocycles. The van der Waals surface area contributed by atoms with Crippen LogP contribution in [-0.4, -0.2) is 30.4 Å². The van der Waals surface area contributed by atoms with E-state index in [4.69, 9.17) is 27.9 Å². The molecule has 0 unspecified atom stereocenters. The average Bonchev–Trinajstić information content (AvgIpc) is 3.44. The molecule has 0 aliphatic rings. The highest BCUT2D eigenvalue weighted by molar-refractivity contribution is 6.32. The van der Waals surface area contributed by atoms with Gasteiger partial charge in [-0.25, -0.2) is 9.07 Å². The van der Waals surface area contributed by atoms with E-state index in [9.17, 15) is 19.3 Å². The van der Waals surface area contributed by atoms with Crippen molar-refractivity contribution in [1.82, 2.24) is 19.6 Å². The monoisotopic (exact) mass is 504 g/mol. The molecule has 1 N–H and O–H groups in total. The Morgan fingerprint density at radius 2 is 1.85 bits per heavy atom. The molecule has 13 heteroatoms. The molecule has 2 aromatic heterocycles. The number of rotatable bonds is 8. The summed E-state index contributed by atoms with van der Waals surface area (Å²) >= 11 is 12.0. The van der Waals surface area contributed by atoms with Crippen LogP contribution >= 0.6 is 23.2 Å². The molecule has 2 heterocycles. The van der Waals surface area contributed by atoms with Crippen LogP contribution in [0.4, 0.5) is 15.9 Å². The third-order valence-corrected chi connectivity index (χ3v) is 5.23. The first-order valence-electron chi connectivity index (χ1n) is 9.67.